The van der Waals surface area contributed by atoms with E-state index in [4.69, 9.17) is 4.52 Å². The maximum Gasteiger partial charge on any atom is 0.173 e. The molecule has 0 saturated heterocycles. The number of nitrogens with zero attached hydrogens (tertiary/aromatic N) is 1. The Hall–Kier alpha value is -1.77. The number of benzene rings is 1. The van der Waals surface area contributed by atoms with Gasteiger partial charge in [-0.25, -0.2) is 0 Å². The van der Waals surface area contributed by atoms with Crippen molar-refractivity contribution in [2.75, 3.05) is 0 Å². The van der Waals surface area contributed by atoms with Gasteiger partial charge in [0.1, 0.15) is 5.75 Å². The number of aromatic nitrogens is 1. The third-order valence-electron chi connectivity index (χ3n) is 2.31. The first-order valence-electron chi connectivity index (χ1n) is 4.41. The molecule has 0 saturated carbocycles. The Bertz CT molecular complexity index is 460. The molecule has 14 heavy (non-hydrogen) atoms. The topological polar surface area (TPSA) is 46.3 Å². The maximum absolute atomic E-state index is 9.61. The Morgan fingerprint density at radius 2 is 1.93 bits per heavy atom. The number of hydrogen-bond acceptors (Lipinski definition) is 3. The number of rotatable bonds is 1. The van der Waals surface area contributed by atoms with Crippen molar-refractivity contribution in [2.24, 2.45) is 0 Å². The number of hydrogen-bond donors (Lipinski definition) is 1. The predicted molar refractivity (Wildman–Crippen MR) is 53.1 cm³/mol. The number of phenols is 1. The van der Waals surface area contributed by atoms with Gasteiger partial charge in [-0.1, -0.05) is 17.3 Å². The van der Waals surface area contributed by atoms with Crippen LogP contribution in [0.1, 0.15) is 11.3 Å². The van der Waals surface area contributed by atoms with E-state index < -0.39 is 0 Å². The second kappa shape index (κ2) is 3.18. The highest BCUT2D eigenvalue weighted by atomic mass is 16.5. The van der Waals surface area contributed by atoms with Gasteiger partial charge in [0.25, 0.3) is 0 Å². The number of phenolic OH excluding ortho intramolecular Hbond substituents is 1. The highest BCUT2D eigenvalue weighted by Crippen LogP contribution is 2.31. The van der Waals surface area contributed by atoms with Gasteiger partial charge in [0.15, 0.2) is 5.76 Å². The van der Waals surface area contributed by atoms with E-state index in [0.717, 1.165) is 11.3 Å². The summed E-state index contributed by atoms with van der Waals surface area (Å²) in [5.41, 5.74) is 2.50. The van der Waals surface area contributed by atoms with Gasteiger partial charge in [-0.2, -0.15) is 0 Å². The second-order valence-electron chi connectivity index (χ2n) is 3.24. The third kappa shape index (κ3) is 1.27. The first-order valence-corrected chi connectivity index (χ1v) is 4.41. The molecule has 2 rings (SSSR count). The van der Waals surface area contributed by atoms with Crippen molar-refractivity contribution in [2.45, 2.75) is 13.8 Å². The van der Waals surface area contributed by atoms with Crippen molar-refractivity contribution < 1.29 is 9.63 Å². The standard InChI is InChI=1S/C11H11NO2/c1-7-8(2)12-14-11(7)9-5-3-4-6-10(9)13/h3-6,13H,1-2H3. The minimum atomic E-state index is 0.215. The second-order valence-corrected chi connectivity index (χ2v) is 3.24. The molecule has 1 heterocycles. The van der Waals surface area contributed by atoms with Crippen molar-refractivity contribution in [1.82, 2.24) is 5.16 Å². The fourth-order valence-electron chi connectivity index (χ4n) is 1.33. The Morgan fingerprint density at radius 3 is 2.50 bits per heavy atom. The smallest absolute Gasteiger partial charge is 0.173 e. The van der Waals surface area contributed by atoms with Gasteiger partial charge in [0.05, 0.1) is 11.3 Å². The van der Waals surface area contributed by atoms with Crippen LogP contribution >= 0.6 is 0 Å². The van der Waals surface area contributed by atoms with Crippen LogP contribution in [0.5, 0.6) is 5.75 Å². The molecule has 1 N–H and O–H groups in total. The SMILES string of the molecule is Cc1noc(-c2ccccc2O)c1C. The van der Waals surface area contributed by atoms with Crippen molar-refractivity contribution in [3.8, 4) is 17.1 Å². The first kappa shape index (κ1) is 8.81. The van der Waals surface area contributed by atoms with Crippen molar-refractivity contribution in [3.63, 3.8) is 0 Å². The number of aryl methyl sites for hydroxylation is 1. The molecule has 0 radical (unpaired) electrons. The highest BCUT2D eigenvalue weighted by molar-refractivity contribution is 5.68. The molecule has 3 nitrogen and oxygen atoms in total. The zero-order valence-corrected chi connectivity index (χ0v) is 8.11. The lowest BCUT2D eigenvalue weighted by Crippen LogP contribution is -1.79. The summed E-state index contributed by atoms with van der Waals surface area (Å²) in [6.07, 6.45) is 0. The van der Waals surface area contributed by atoms with Gasteiger partial charge in [-0.3, -0.25) is 0 Å². The molecule has 0 aliphatic rings. The molecule has 0 amide bonds. The van der Waals surface area contributed by atoms with E-state index in [1.54, 1.807) is 12.1 Å². The Kier molecular flexibility index (Phi) is 2.00. The molecule has 3 heteroatoms. The molecule has 2 aromatic rings. The largest absolute Gasteiger partial charge is 0.507 e. The fraction of sp³-hybridized carbons (Fsp3) is 0.182. The zero-order chi connectivity index (χ0) is 10.1. The normalized spacial score (nSPS) is 10.4. The molecule has 72 valence electrons. The van der Waals surface area contributed by atoms with Gasteiger partial charge in [0.2, 0.25) is 0 Å². The molecule has 0 aliphatic carbocycles. The van der Waals surface area contributed by atoms with E-state index >= 15 is 0 Å². The molecular formula is C11H11NO2. The lowest BCUT2D eigenvalue weighted by molar-refractivity contribution is 0.421. The molecule has 0 aliphatic heterocycles. The average Bonchev–Trinajstić information content (AvgIpc) is 2.49. The fourth-order valence-corrected chi connectivity index (χ4v) is 1.33. The molecule has 0 unspecified atom stereocenters. The minimum Gasteiger partial charge on any atom is -0.507 e. The molecule has 0 fully saturated rings. The van der Waals surface area contributed by atoms with Crippen LogP contribution in [0, 0.1) is 13.8 Å². The molecule has 0 bridgehead atoms. The van der Waals surface area contributed by atoms with Gasteiger partial charge >= 0.3 is 0 Å². The number of para-hydroxylation sites is 1. The third-order valence-corrected chi connectivity index (χ3v) is 2.31. The summed E-state index contributed by atoms with van der Waals surface area (Å²) in [4.78, 5) is 0. The summed E-state index contributed by atoms with van der Waals surface area (Å²) in [5, 5.41) is 13.5. The van der Waals surface area contributed by atoms with E-state index in [1.165, 1.54) is 0 Å². The van der Waals surface area contributed by atoms with Crippen LogP contribution in [-0.2, 0) is 0 Å². The quantitative estimate of drug-likeness (QED) is 0.750. The number of aromatic hydroxyl groups is 1. The molecule has 1 aromatic heterocycles. The maximum atomic E-state index is 9.61. The van der Waals surface area contributed by atoms with Crippen LogP contribution in [0.25, 0.3) is 11.3 Å². The van der Waals surface area contributed by atoms with Gasteiger partial charge in [-0.05, 0) is 26.0 Å². The first-order chi connectivity index (χ1) is 6.70. The molecule has 0 spiro atoms. The summed E-state index contributed by atoms with van der Waals surface area (Å²) in [6, 6.07) is 7.07. The zero-order valence-electron chi connectivity index (χ0n) is 8.11. The summed E-state index contributed by atoms with van der Waals surface area (Å²) in [5.74, 6) is 0.854. The van der Waals surface area contributed by atoms with Crippen LogP contribution in [-0.4, -0.2) is 10.3 Å². The van der Waals surface area contributed by atoms with Crippen molar-refractivity contribution in [1.29, 1.82) is 0 Å². The Balaban J connectivity index is 2.60. The van der Waals surface area contributed by atoms with Crippen LogP contribution in [0.3, 0.4) is 0 Å². The van der Waals surface area contributed by atoms with Gasteiger partial charge in [0, 0.05) is 5.56 Å². The monoisotopic (exact) mass is 189 g/mol. The summed E-state index contributed by atoms with van der Waals surface area (Å²) < 4.78 is 5.15. The van der Waals surface area contributed by atoms with Crippen LogP contribution < -0.4 is 0 Å². The summed E-state index contributed by atoms with van der Waals surface area (Å²) >= 11 is 0. The van der Waals surface area contributed by atoms with E-state index in [0.29, 0.717) is 11.3 Å². The van der Waals surface area contributed by atoms with Crippen LogP contribution in [0.2, 0.25) is 0 Å². The Labute approximate surface area is 82.0 Å². The van der Waals surface area contributed by atoms with E-state index in [9.17, 15) is 5.11 Å². The summed E-state index contributed by atoms with van der Waals surface area (Å²) in [6.45, 7) is 3.80. The minimum absolute atomic E-state index is 0.215. The van der Waals surface area contributed by atoms with Crippen molar-refractivity contribution in [3.05, 3.63) is 35.5 Å². The molecule has 0 atom stereocenters. The molecule has 1 aromatic carbocycles. The summed E-state index contributed by atoms with van der Waals surface area (Å²) in [7, 11) is 0. The van der Waals surface area contributed by atoms with Gasteiger partial charge < -0.3 is 9.63 Å². The Morgan fingerprint density at radius 1 is 1.21 bits per heavy atom. The van der Waals surface area contributed by atoms with E-state index in [2.05, 4.69) is 5.16 Å². The average molecular weight is 189 g/mol. The van der Waals surface area contributed by atoms with Crippen LogP contribution in [0.15, 0.2) is 28.8 Å². The van der Waals surface area contributed by atoms with Crippen molar-refractivity contribution >= 4 is 0 Å². The van der Waals surface area contributed by atoms with E-state index in [1.807, 2.05) is 26.0 Å². The lowest BCUT2D eigenvalue weighted by atomic mass is 10.1. The lowest BCUT2D eigenvalue weighted by Gasteiger charge is -1.99. The van der Waals surface area contributed by atoms with Gasteiger partial charge in [-0.15, -0.1) is 0 Å². The van der Waals surface area contributed by atoms with E-state index in [-0.39, 0.29) is 5.75 Å². The highest BCUT2D eigenvalue weighted by Gasteiger charge is 2.13. The van der Waals surface area contributed by atoms with Crippen LogP contribution in [0.4, 0.5) is 0 Å². The molecular weight excluding hydrogens is 178 g/mol. The predicted octanol–water partition coefficient (Wildman–Crippen LogP) is 2.66.